The minimum atomic E-state index is -1.69. The fourth-order valence-electron chi connectivity index (χ4n) is 1.89. The van der Waals surface area contributed by atoms with Gasteiger partial charge < -0.3 is 9.64 Å². The molecule has 0 saturated heterocycles. The molecule has 0 radical (unpaired) electrons. The molecule has 0 aromatic carbocycles. The fourth-order valence-corrected chi connectivity index (χ4v) is 2.87. The van der Waals surface area contributed by atoms with Crippen LogP contribution in [0.5, 0.6) is 5.19 Å². The fraction of sp³-hybridized carbons (Fsp3) is 0.583. The Morgan fingerprint density at radius 3 is 2.81 bits per heavy atom. The molecule has 5 nitrogen and oxygen atoms in total. The van der Waals surface area contributed by atoms with E-state index in [1.165, 1.54) is 6.42 Å². The molecule has 1 aromatic heterocycles. The second-order valence-electron chi connectivity index (χ2n) is 4.56. The molecule has 1 heterocycles. The topological polar surface area (TPSA) is 55.3 Å². The molecule has 0 saturated carbocycles. The first-order valence-electron chi connectivity index (χ1n) is 6.37. The van der Waals surface area contributed by atoms with Crippen LogP contribution in [0.3, 0.4) is 0 Å². The van der Waals surface area contributed by atoms with E-state index in [-0.39, 0.29) is 23.5 Å². The highest BCUT2D eigenvalue weighted by Crippen LogP contribution is 2.37. The third-order valence-corrected chi connectivity index (χ3v) is 4.19. The number of carbonyl (C=O) groups excluding carboxylic acids is 1. The van der Waals surface area contributed by atoms with E-state index in [1.54, 1.807) is 11.9 Å². The SMILES string of the molecule is CN(C(=O)COc1nc(C(Cl)(Cl)Cl)ns1)C1=CCCCC1. The number of aromatic nitrogens is 2. The molecule has 1 aliphatic rings. The maximum Gasteiger partial charge on any atom is 0.293 e. The molecule has 0 bridgehead atoms. The molecule has 21 heavy (non-hydrogen) atoms. The smallest absolute Gasteiger partial charge is 0.293 e. The van der Waals surface area contributed by atoms with Gasteiger partial charge in [-0.05, 0) is 25.7 Å². The van der Waals surface area contributed by atoms with Gasteiger partial charge in [-0.1, -0.05) is 40.9 Å². The van der Waals surface area contributed by atoms with E-state index in [0.717, 1.165) is 36.5 Å². The van der Waals surface area contributed by atoms with Crippen LogP contribution in [0.2, 0.25) is 0 Å². The Bertz CT molecular complexity index is 542. The highest BCUT2D eigenvalue weighted by Gasteiger charge is 2.29. The van der Waals surface area contributed by atoms with E-state index in [4.69, 9.17) is 39.5 Å². The van der Waals surface area contributed by atoms with Crippen LogP contribution in [0.15, 0.2) is 11.8 Å². The average Bonchev–Trinajstić information content (AvgIpc) is 2.94. The maximum atomic E-state index is 12.1. The van der Waals surface area contributed by atoms with Gasteiger partial charge in [0, 0.05) is 24.3 Å². The second-order valence-corrected chi connectivity index (χ2v) is 7.56. The zero-order valence-electron chi connectivity index (χ0n) is 11.3. The lowest BCUT2D eigenvalue weighted by Crippen LogP contribution is -2.31. The molecule has 0 N–H and O–H groups in total. The number of allylic oxidation sites excluding steroid dienone is 2. The number of nitrogens with zero attached hydrogens (tertiary/aromatic N) is 3. The lowest BCUT2D eigenvalue weighted by molar-refractivity contribution is -0.130. The Morgan fingerprint density at radius 1 is 1.48 bits per heavy atom. The van der Waals surface area contributed by atoms with Crippen LogP contribution in [0.1, 0.15) is 31.5 Å². The van der Waals surface area contributed by atoms with Crippen molar-refractivity contribution in [2.24, 2.45) is 0 Å². The number of carbonyl (C=O) groups is 1. The first-order chi connectivity index (χ1) is 9.88. The molecule has 1 amide bonds. The minimum Gasteiger partial charge on any atom is -0.459 e. The third-order valence-electron chi connectivity index (χ3n) is 3.05. The van der Waals surface area contributed by atoms with Crippen molar-refractivity contribution in [3.8, 4) is 5.19 Å². The van der Waals surface area contributed by atoms with Crippen molar-refractivity contribution < 1.29 is 9.53 Å². The Kier molecular flexibility index (Phi) is 5.71. The van der Waals surface area contributed by atoms with Crippen molar-refractivity contribution in [3.63, 3.8) is 0 Å². The van der Waals surface area contributed by atoms with Crippen molar-refractivity contribution >= 4 is 52.2 Å². The monoisotopic (exact) mass is 369 g/mol. The van der Waals surface area contributed by atoms with Crippen molar-refractivity contribution in [1.29, 1.82) is 0 Å². The number of likely N-dealkylation sites (N-methyl/N-ethyl adjacent to an activating group) is 1. The summed E-state index contributed by atoms with van der Waals surface area (Å²) in [7, 11) is 1.75. The lowest BCUT2D eigenvalue weighted by atomic mass is 10.0. The molecular weight excluding hydrogens is 357 g/mol. The summed E-state index contributed by atoms with van der Waals surface area (Å²) < 4.78 is 7.49. The number of rotatable bonds is 4. The van der Waals surface area contributed by atoms with E-state index in [9.17, 15) is 4.79 Å². The standard InChI is InChI=1S/C12H14Cl3N3O2S/c1-18(8-5-3-2-4-6-8)9(19)7-20-11-16-10(17-21-11)12(13,14)15/h5H,2-4,6-7H2,1H3. The summed E-state index contributed by atoms with van der Waals surface area (Å²) >= 11 is 17.9. The summed E-state index contributed by atoms with van der Waals surface area (Å²) in [6, 6.07) is 0. The van der Waals surface area contributed by atoms with Crippen molar-refractivity contribution in [2.75, 3.05) is 13.7 Å². The Hall–Kier alpha value is -0.560. The van der Waals surface area contributed by atoms with Crippen LogP contribution in [0.4, 0.5) is 0 Å². The zero-order valence-corrected chi connectivity index (χ0v) is 14.4. The van der Waals surface area contributed by atoms with Gasteiger partial charge in [0.15, 0.2) is 12.4 Å². The summed E-state index contributed by atoms with van der Waals surface area (Å²) in [5.74, 6) is -0.0999. The van der Waals surface area contributed by atoms with Crippen LogP contribution in [-0.2, 0) is 8.59 Å². The summed E-state index contributed by atoms with van der Waals surface area (Å²) in [6.45, 7) is -0.123. The van der Waals surface area contributed by atoms with Crippen LogP contribution < -0.4 is 4.74 Å². The Labute approximate surface area is 142 Å². The van der Waals surface area contributed by atoms with Gasteiger partial charge in [0.25, 0.3) is 14.9 Å². The van der Waals surface area contributed by atoms with Gasteiger partial charge in [-0.3, -0.25) is 4.79 Å². The molecule has 0 fully saturated rings. The lowest BCUT2D eigenvalue weighted by Gasteiger charge is -2.23. The van der Waals surface area contributed by atoms with Gasteiger partial charge in [0.1, 0.15) is 0 Å². The van der Waals surface area contributed by atoms with Crippen LogP contribution in [0.25, 0.3) is 0 Å². The quantitative estimate of drug-likeness (QED) is 0.759. The molecule has 116 valence electrons. The van der Waals surface area contributed by atoms with Gasteiger partial charge in [-0.25, -0.2) is 0 Å². The van der Waals surface area contributed by atoms with Crippen molar-refractivity contribution in [3.05, 3.63) is 17.6 Å². The molecule has 1 aliphatic carbocycles. The first-order valence-corrected chi connectivity index (χ1v) is 8.28. The normalized spacial score (nSPS) is 15.5. The molecule has 0 aliphatic heterocycles. The molecule has 0 spiro atoms. The summed E-state index contributed by atoms with van der Waals surface area (Å²) in [4.78, 5) is 17.6. The van der Waals surface area contributed by atoms with Crippen molar-refractivity contribution in [1.82, 2.24) is 14.3 Å². The molecule has 9 heteroatoms. The molecule has 2 rings (SSSR count). The van der Waals surface area contributed by atoms with Gasteiger partial charge >= 0.3 is 0 Å². The van der Waals surface area contributed by atoms with Gasteiger partial charge in [-0.15, -0.1) is 0 Å². The number of hydrogen-bond acceptors (Lipinski definition) is 5. The third kappa shape index (κ3) is 4.71. The molecular formula is C12H14Cl3N3O2S. The van der Waals surface area contributed by atoms with Crippen LogP contribution in [-0.4, -0.2) is 33.8 Å². The van der Waals surface area contributed by atoms with Gasteiger partial charge in [-0.2, -0.15) is 9.36 Å². The highest BCUT2D eigenvalue weighted by atomic mass is 35.6. The van der Waals surface area contributed by atoms with Crippen molar-refractivity contribution in [2.45, 2.75) is 29.5 Å². The predicted molar refractivity (Wildman–Crippen MR) is 84.0 cm³/mol. The number of alkyl halides is 3. The van der Waals surface area contributed by atoms with Gasteiger partial charge in [0.2, 0.25) is 0 Å². The summed E-state index contributed by atoms with van der Waals surface area (Å²) in [5.41, 5.74) is 1.04. The van der Waals surface area contributed by atoms with E-state index in [2.05, 4.69) is 15.4 Å². The van der Waals surface area contributed by atoms with Gasteiger partial charge in [0.05, 0.1) is 0 Å². The summed E-state index contributed by atoms with van der Waals surface area (Å²) in [6.07, 6.45) is 6.29. The predicted octanol–water partition coefficient (Wildman–Crippen LogP) is 3.66. The molecule has 0 atom stereocenters. The molecule has 0 unspecified atom stereocenters. The van der Waals surface area contributed by atoms with E-state index in [0.29, 0.717) is 0 Å². The number of amides is 1. The van der Waals surface area contributed by atoms with Crippen LogP contribution >= 0.6 is 46.3 Å². The average molecular weight is 371 g/mol. The van der Waals surface area contributed by atoms with E-state index < -0.39 is 3.79 Å². The first kappa shape index (κ1) is 16.8. The number of hydrogen-bond donors (Lipinski definition) is 0. The number of halogens is 3. The minimum absolute atomic E-state index is 0.0447. The van der Waals surface area contributed by atoms with E-state index >= 15 is 0 Å². The maximum absolute atomic E-state index is 12.1. The zero-order chi connectivity index (χ0) is 15.5. The highest BCUT2D eigenvalue weighted by molar-refractivity contribution is 7.07. The molecule has 1 aromatic rings. The van der Waals surface area contributed by atoms with Crippen LogP contribution in [0, 0.1) is 0 Å². The number of ether oxygens (including phenoxy) is 1. The largest absolute Gasteiger partial charge is 0.459 e. The second kappa shape index (κ2) is 7.13. The summed E-state index contributed by atoms with van der Waals surface area (Å²) in [5, 5.41) is 0.204. The Balaban J connectivity index is 1.89. The Morgan fingerprint density at radius 2 is 2.24 bits per heavy atom. The van der Waals surface area contributed by atoms with E-state index in [1.807, 2.05) is 0 Å².